The van der Waals surface area contributed by atoms with E-state index in [0.717, 1.165) is 0 Å². The van der Waals surface area contributed by atoms with E-state index in [9.17, 15) is 4.79 Å². The fraction of sp³-hybridized carbons (Fsp3) is 0.556. The van der Waals surface area contributed by atoms with Crippen LogP contribution in [0.1, 0.15) is 6.42 Å². The summed E-state index contributed by atoms with van der Waals surface area (Å²) in [6.45, 7) is 1.82. The van der Waals surface area contributed by atoms with Crippen LogP contribution in [0.3, 0.4) is 0 Å². The molecule has 0 amide bonds. The third kappa shape index (κ3) is 2.64. The zero-order valence-electron chi connectivity index (χ0n) is 8.06. The Labute approximate surface area is 95.2 Å². The SMILES string of the molecule is O=c1c(Br)cncn1CCC1OCCO1. The summed E-state index contributed by atoms with van der Waals surface area (Å²) in [6, 6.07) is 0. The number of hydrogen-bond acceptors (Lipinski definition) is 4. The lowest BCUT2D eigenvalue weighted by atomic mass is 10.4. The van der Waals surface area contributed by atoms with E-state index in [1.54, 1.807) is 0 Å². The van der Waals surface area contributed by atoms with E-state index < -0.39 is 0 Å². The molecule has 0 bridgehead atoms. The molecule has 0 radical (unpaired) electrons. The summed E-state index contributed by atoms with van der Waals surface area (Å²) in [6.07, 6.45) is 3.48. The quantitative estimate of drug-likeness (QED) is 0.817. The van der Waals surface area contributed by atoms with Gasteiger partial charge in [0.2, 0.25) is 0 Å². The van der Waals surface area contributed by atoms with Gasteiger partial charge in [0.05, 0.1) is 19.5 Å². The third-order valence-electron chi connectivity index (χ3n) is 2.16. The molecule has 15 heavy (non-hydrogen) atoms. The number of nitrogens with zero attached hydrogens (tertiary/aromatic N) is 2. The predicted octanol–water partition coefficient (Wildman–Crippen LogP) is 0.769. The molecule has 82 valence electrons. The molecule has 5 nitrogen and oxygen atoms in total. The molecule has 0 atom stereocenters. The molecule has 0 aromatic carbocycles. The lowest BCUT2D eigenvalue weighted by Gasteiger charge is -2.09. The normalized spacial score (nSPS) is 17.1. The number of aryl methyl sites for hydroxylation is 1. The lowest BCUT2D eigenvalue weighted by molar-refractivity contribution is -0.0492. The molecule has 2 heterocycles. The van der Waals surface area contributed by atoms with Gasteiger partial charge in [-0.05, 0) is 15.9 Å². The van der Waals surface area contributed by atoms with Crippen molar-refractivity contribution < 1.29 is 9.47 Å². The highest BCUT2D eigenvalue weighted by molar-refractivity contribution is 9.10. The summed E-state index contributed by atoms with van der Waals surface area (Å²) in [5.74, 6) is 0. The van der Waals surface area contributed by atoms with Crippen LogP contribution in [-0.4, -0.2) is 29.1 Å². The number of ether oxygens (including phenoxy) is 2. The van der Waals surface area contributed by atoms with Crippen LogP contribution in [0, 0.1) is 0 Å². The first-order valence-corrected chi connectivity index (χ1v) is 5.50. The summed E-state index contributed by atoms with van der Waals surface area (Å²) in [5, 5.41) is 0. The average molecular weight is 275 g/mol. The highest BCUT2D eigenvalue weighted by Gasteiger charge is 2.15. The molecular formula is C9H11BrN2O3. The second-order valence-corrected chi connectivity index (χ2v) is 4.05. The zero-order chi connectivity index (χ0) is 10.7. The minimum absolute atomic E-state index is 0.0806. The molecule has 0 aliphatic carbocycles. The van der Waals surface area contributed by atoms with Crippen LogP contribution in [-0.2, 0) is 16.0 Å². The van der Waals surface area contributed by atoms with E-state index >= 15 is 0 Å². The van der Waals surface area contributed by atoms with Gasteiger partial charge >= 0.3 is 0 Å². The fourth-order valence-corrected chi connectivity index (χ4v) is 1.75. The minimum atomic E-state index is -0.184. The molecule has 6 heteroatoms. The van der Waals surface area contributed by atoms with Crippen LogP contribution in [0.4, 0.5) is 0 Å². The topological polar surface area (TPSA) is 53.4 Å². The van der Waals surface area contributed by atoms with Crippen molar-refractivity contribution in [1.82, 2.24) is 9.55 Å². The van der Waals surface area contributed by atoms with Gasteiger partial charge in [0, 0.05) is 19.2 Å². The fourth-order valence-electron chi connectivity index (χ4n) is 1.40. The summed E-state index contributed by atoms with van der Waals surface area (Å²) in [4.78, 5) is 15.5. The maximum absolute atomic E-state index is 11.6. The van der Waals surface area contributed by atoms with E-state index in [1.165, 1.54) is 17.1 Å². The Morgan fingerprint density at radius 3 is 3.00 bits per heavy atom. The maximum Gasteiger partial charge on any atom is 0.267 e. The predicted molar refractivity (Wildman–Crippen MR) is 56.5 cm³/mol. The second kappa shape index (κ2) is 4.87. The Morgan fingerprint density at radius 1 is 1.53 bits per heavy atom. The summed E-state index contributed by atoms with van der Waals surface area (Å²) >= 11 is 3.14. The van der Waals surface area contributed by atoms with Gasteiger partial charge < -0.3 is 9.47 Å². The lowest BCUT2D eigenvalue weighted by Crippen LogP contribution is -2.23. The summed E-state index contributed by atoms with van der Waals surface area (Å²) in [7, 11) is 0. The van der Waals surface area contributed by atoms with E-state index in [2.05, 4.69) is 20.9 Å². The number of halogens is 1. The average Bonchev–Trinajstić information content (AvgIpc) is 2.73. The highest BCUT2D eigenvalue weighted by Crippen LogP contribution is 2.08. The molecule has 0 spiro atoms. The van der Waals surface area contributed by atoms with Crippen molar-refractivity contribution >= 4 is 15.9 Å². The van der Waals surface area contributed by atoms with Gasteiger partial charge in [0.15, 0.2) is 6.29 Å². The van der Waals surface area contributed by atoms with Gasteiger partial charge in [-0.2, -0.15) is 0 Å². The largest absolute Gasteiger partial charge is 0.350 e. The number of aromatic nitrogens is 2. The van der Waals surface area contributed by atoms with Crippen molar-refractivity contribution in [2.45, 2.75) is 19.3 Å². The van der Waals surface area contributed by atoms with Crippen molar-refractivity contribution in [3.05, 3.63) is 27.4 Å². The summed E-state index contributed by atoms with van der Waals surface area (Å²) < 4.78 is 12.6. The van der Waals surface area contributed by atoms with Crippen molar-refractivity contribution in [3.63, 3.8) is 0 Å². The van der Waals surface area contributed by atoms with Gasteiger partial charge in [0.1, 0.15) is 4.47 Å². The van der Waals surface area contributed by atoms with Crippen molar-refractivity contribution in [3.8, 4) is 0 Å². The van der Waals surface area contributed by atoms with Crippen LogP contribution >= 0.6 is 15.9 Å². The summed E-state index contributed by atoms with van der Waals surface area (Å²) in [5.41, 5.74) is -0.0806. The first-order valence-electron chi connectivity index (χ1n) is 4.70. The molecule has 1 saturated heterocycles. The molecule has 0 unspecified atom stereocenters. The van der Waals surface area contributed by atoms with Gasteiger partial charge in [-0.3, -0.25) is 9.36 Å². The molecular weight excluding hydrogens is 264 g/mol. The van der Waals surface area contributed by atoms with Crippen LogP contribution in [0.5, 0.6) is 0 Å². The van der Waals surface area contributed by atoms with Crippen LogP contribution in [0.25, 0.3) is 0 Å². The van der Waals surface area contributed by atoms with E-state index in [0.29, 0.717) is 30.7 Å². The monoisotopic (exact) mass is 274 g/mol. The van der Waals surface area contributed by atoms with Crippen LogP contribution in [0.2, 0.25) is 0 Å². The van der Waals surface area contributed by atoms with Gasteiger partial charge in [0.25, 0.3) is 5.56 Å². The molecule has 1 aliphatic rings. The molecule has 0 N–H and O–H groups in total. The first-order chi connectivity index (χ1) is 7.27. The van der Waals surface area contributed by atoms with E-state index in [4.69, 9.17) is 9.47 Å². The third-order valence-corrected chi connectivity index (χ3v) is 2.70. The first kappa shape index (κ1) is 10.8. The molecule has 1 aliphatic heterocycles. The molecule has 2 rings (SSSR count). The van der Waals surface area contributed by atoms with Crippen molar-refractivity contribution in [2.75, 3.05) is 13.2 Å². The smallest absolute Gasteiger partial charge is 0.267 e. The molecule has 0 saturated carbocycles. The maximum atomic E-state index is 11.6. The Hall–Kier alpha value is -0.720. The van der Waals surface area contributed by atoms with Crippen molar-refractivity contribution in [2.24, 2.45) is 0 Å². The Balaban J connectivity index is 1.98. The zero-order valence-corrected chi connectivity index (χ0v) is 9.64. The van der Waals surface area contributed by atoms with Crippen LogP contribution in [0.15, 0.2) is 21.8 Å². The Morgan fingerprint density at radius 2 is 2.27 bits per heavy atom. The Kier molecular flexibility index (Phi) is 3.50. The molecule has 1 aromatic heterocycles. The minimum Gasteiger partial charge on any atom is -0.350 e. The van der Waals surface area contributed by atoms with Crippen LogP contribution < -0.4 is 5.56 Å². The van der Waals surface area contributed by atoms with E-state index in [-0.39, 0.29) is 11.8 Å². The van der Waals surface area contributed by atoms with Crippen molar-refractivity contribution in [1.29, 1.82) is 0 Å². The second-order valence-electron chi connectivity index (χ2n) is 3.20. The van der Waals surface area contributed by atoms with E-state index in [1.807, 2.05) is 0 Å². The highest BCUT2D eigenvalue weighted by atomic mass is 79.9. The number of rotatable bonds is 3. The molecule has 1 aromatic rings. The number of hydrogen-bond donors (Lipinski definition) is 0. The van der Waals surface area contributed by atoms with Gasteiger partial charge in [-0.1, -0.05) is 0 Å². The van der Waals surface area contributed by atoms with Gasteiger partial charge in [-0.15, -0.1) is 0 Å². The molecule has 1 fully saturated rings. The van der Waals surface area contributed by atoms with Gasteiger partial charge in [-0.25, -0.2) is 4.98 Å². The standard InChI is InChI=1S/C9H11BrN2O3/c10-7-5-11-6-12(9(7)13)2-1-8-14-3-4-15-8/h5-6,8H,1-4H2. The Bertz CT molecular complexity index is 387.